The third-order valence-corrected chi connectivity index (χ3v) is 3.20. The summed E-state index contributed by atoms with van der Waals surface area (Å²) in [5, 5.41) is 6.21. The molecule has 0 saturated carbocycles. The molecule has 6 nitrogen and oxygen atoms in total. The molecule has 0 atom stereocenters. The summed E-state index contributed by atoms with van der Waals surface area (Å²) in [5.41, 5.74) is -0.764. The zero-order valence-electron chi connectivity index (χ0n) is 12.8. The molecule has 0 aliphatic heterocycles. The van der Waals surface area contributed by atoms with Crippen LogP contribution in [0.4, 0.5) is 19.0 Å². The number of alkyl halides is 3. The Morgan fingerprint density at radius 3 is 2.74 bits per heavy atom. The van der Waals surface area contributed by atoms with Crippen molar-refractivity contribution in [2.24, 2.45) is 7.05 Å². The number of amides is 1. The van der Waals surface area contributed by atoms with Crippen LogP contribution in [0.2, 0.25) is 0 Å². The SMILES string of the molecule is CNc1ncccc1C(=O)N(C)Cc1cn(C)nc1C(F)(F)F. The van der Waals surface area contributed by atoms with Crippen LogP contribution in [-0.2, 0) is 19.8 Å². The monoisotopic (exact) mass is 327 g/mol. The molecule has 2 rings (SSSR count). The predicted molar refractivity (Wildman–Crippen MR) is 77.8 cm³/mol. The Labute approximate surface area is 130 Å². The Morgan fingerprint density at radius 2 is 2.13 bits per heavy atom. The molecule has 0 fully saturated rings. The van der Waals surface area contributed by atoms with Crippen LogP contribution in [0.1, 0.15) is 21.6 Å². The van der Waals surface area contributed by atoms with E-state index in [0.717, 1.165) is 4.68 Å². The summed E-state index contributed by atoms with van der Waals surface area (Å²) in [6.07, 6.45) is -1.79. The van der Waals surface area contributed by atoms with Gasteiger partial charge in [-0.2, -0.15) is 18.3 Å². The molecule has 0 saturated heterocycles. The van der Waals surface area contributed by atoms with E-state index in [1.54, 1.807) is 19.2 Å². The number of anilines is 1. The lowest BCUT2D eigenvalue weighted by Crippen LogP contribution is -2.28. The molecule has 0 radical (unpaired) electrons. The first-order chi connectivity index (χ1) is 10.7. The van der Waals surface area contributed by atoms with Gasteiger partial charge in [-0.25, -0.2) is 4.98 Å². The van der Waals surface area contributed by atoms with E-state index in [0.29, 0.717) is 5.82 Å². The second-order valence-electron chi connectivity index (χ2n) is 4.99. The Bertz CT molecular complexity index is 711. The molecule has 0 aliphatic rings. The van der Waals surface area contributed by atoms with Crippen molar-refractivity contribution < 1.29 is 18.0 Å². The molecule has 2 aromatic heterocycles. The maximum absolute atomic E-state index is 13.0. The number of nitrogens with one attached hydrogen (secondary N) is 1. The number of rotatable bonds is 4. The molecule has 1 N–H and O–H groups in total. The van der Waals surface area contributed by atoms with Crippen LogP contribution in [0, 0.1) is 0 Å². The minimum atomic E-state index is -4.56. The average Bonchev–Trinajstić information content (AvgIpc) is 2.87. The van der Waals surface area contributed by atoms with Crippen molar-refractivity contribution >= 4 is 11.7 Å². The lowest BCUT2D eigenvalue weighted by atomic mass is 10.2. The topological polar surface area (TPSA) is 63.1 Å². The maximum Gasteiger partial charge on any atom is 0.435 e. The van der Waals surface area contributed by atoms with Crippen LogP contribution in [0.5, 0.6) is 0 Å². The minimum absolute atomic E-state index is 0.0641. The molecule has 1 amide bonds. The Morgan fingerprint density at radius 1 is 1.43 bits per heavy atom. The molecule has 0 bridgehead atoms. The van der Waals surface area contributed by atoms with Gasteiger partial charge in [0.2, 0.25) is 0 Å². The van der Waals surface area contributed by atoms with Gasteiger partial charge in [-0.3, -0.25) is 9.48 Å². The molecular formula is C14H16F3N5O. The van der Waals surface area contributed by atoms with Crippen LogP contribution in [0.25, 0.3) is 0 Å². The summed E-state index contributed by atoms with van der Waals surface area (Å²) in [4.78, 5) is 17.6. The van der Waals surface area contributed by atoms with E-state index in [9.17, 15) is 18.0 Å². The molecule has 2 heterocycles. The van der Waals surface area contributed by atoms with Crippen LogP contribution in [0.3, 0.4) is 0 Å². The first-order valence-electron chi connectivity index (χ1n) is 6.72. The highest BCUT2D eigenvalue weighted by molar-refractivity contribution is 5.98. The van der Waals surface area contributed by atoms with Crippen molar-refractivity contribution in [3.05, 3.63) is 41.3 Å². The van der Waals surface area contributed by atoms with Crippen molar-refractivity contribution in [2.45, 2.75) is 12.7 Å². The van der Waals surface area contributed by atoms with Crippen LogP contribution in [0.15, 0.2) is 24.5 Å². The first kappa shape index (κ1) is 16.8. The van der Waals surface area contributed by atoms with Crippen molar-refractivity contribution in [1.29, 1.82) is 0 Å². The van der Waals surface area contributed by atoms with Gasteiger partial charge in [0.25, 0.3) is 5.91 Å². The van der Waals surface area contributed by atoms with Gasteiger partial charge >= 0.3 is 6.18 Å². The summed E-state index contributed by atoms with van der Waals surface area (Å²) in [6.45, 7) is -0.209. The molecular weight excluding hydrogens is 311 g/mol. The largest absolute Gasteiger partial charge is 0.435 e. The second-order valence-corrected chi connectivity index (χ2v) is 4.99. The smallest absolute Gasteiger partial charge is 0.372 e. The van der Waals surface area contributed by atoms with Crippen LogP contribution >= 0.6 is 0 Å². The molecule has 2 aromatic rings. The number of halogens is 3. The summed E-state index contributed by atoms with van der Waals surface area (Å²) >= 11 is 0. The van der Waals surface area contributed by atoms with Gasteiger partial charge in [0, 0.05) is 45.6 Å². The van der Waals surface area contributed by atoms with Gasteiger partial charge in [0.1, 0.15) is 5.82 Å². The second kappa shape index (κ2) is 6.27. The molecule has 124 valence electrons. The summed E-state index contributed by atoms with van der Waals surface area (Å²) in [7, 11) is 4.45. The number of pyridine rings is 1. The van der Waals surface area contributed by atoms with E-state index < -0.39 is 17.8 Å². The Hall–Kier alpha value is -2.58. The van der Waals surface area contributed by atoms with Crippen molar-refractivity contribution in [3.63, 3.8) is 0 Å². The fourth-order valence-electron chi connectivity index (χ4n) is 2.20. The minimum Gasteiger partial charge on any atom is -0.372 e. The van der Waals surface area contributed by atoms with Gasteiger partial charge in [-0.05, 0) is 12.1 Å². The lowest BCUT2D eigenvalue weighted by Gasteiger charge is -2.18. The maximum atomic E-state index is 13.0. The number of hydrogen-bond donors (Lipinski definition) is 1. The van der Waals surface area contributed by atoms with E-state index >= 15 is 0 Å². The third kappa shape index (κ3) is 3.61. The normalized spacial score (nSPS) is 11.4. The quantitative estimate of drug-likeness (QED) is 0.935. The standard InChI is InChI=1S/C14H16F3N5O/c1-18-12-10(5-4-6-19-12)13(23)21(2)7-9-8-22(3)20-11(9)14(15,16)17/h4-6,8H,7H2,1-3H3,(H,18,19). The number of hydrogen-bond acceptors (Lipinski definition) is 4. The van der Waals surface area contributed by atoms with Gasteiger partial charge in [0.05, 0.1) is 5.56 Å². The van der Waals surface area contributed by atoms with E-state index in [-0.39, 0.29) is 17.7 Å². The van der Waals surface area contributed by atoms with Gasteiger partial charge in [-0.15, -0.1) is 0 Å². The summed E-state index contributed by atoms with van der Waals surface area (Å²) < 4.78 is 39.9. The highest BCUT2D eigenvalue weighted by Gasteiger charge is 2.37. The zero-order valence-corrected chi connectivity index (χ0v) is 12.8. The summed E-state index contributed by atoms with van der Waals surface area (Å²) in [5.74, 6) is -0.0639. The Balaban J connectivity index is 2.26. The zero-order chi connectivity index (χ0) is 17.2. The molecule has 0 spiro atoms. The van der Waals surface area contributed by atoms with E-state index in [1.807, 2.05) is 0 Å². The van der Waals surface area contributed by atoms with Crippen molar-refractivity contribution in [3.8, 4) is 0 Å². The third-order valence-electron chi connectivity index (χ3n) is 3.20. The molecule has 0 aliphatic carbocycles. The highest BCUT2D eigenvalue weighted by Crippen LogP contribution is 2.31. The fraction of sp³-hybridized carbons (Fsp3) is 0.357. The van der Waals surface area contributed by atoms with Crippen molar-refractivity contribution in [2.75, 3.05) is 19.4 Å². The van der Waals surface area contributed by atoms with E-state index in [4.69, 9.17) is 0 Å². The van der Waals surface area contributed by atoms with E-state index in [1.165, 1.54) is 31.4 Å². The van der Waals surface area contributed by atoms with Gasteiger partial charge < -0.3 is 10.2 Å². The van der Waals surface area contributed by atoms with Crippen molar-refractivity contribution in [1.82, 2.24) is 19.7 Å². The first-order valence-corrected chi connectivity index (χ1v) is 6.72. The number of aryl methyl sites for hydroxylation is 1. The van der Waals surface area contributed by atoms with E-state index in [2.05, 4.69) is 15.4 Å². The average molecular weight is 327 g/mol. The number of aromatic nitrogens is 3. The lowest BCUT2D eigenvalue weighted by molar-refractivity contribution is -0.142. The molecule has 23 heavy (non-hydrogen) atoms. The Kier molecular flexibility index (Phi) is 4.57. The predicted octanol–water partition coefficient (Wildman–Crippen LogP) is 2.15. The van der Waals surface area contributed by atoms with Gasteiger partial charge in [0.15, 0.2) is 5.69 Å². The van der Waals surface area contributed by atoms with Gasteiger partial charge in [-0.1, -0.05) is 0 Å². The summed E-state index contributed by atoms with van der Waals surface area (Å²) in [6, 6.07) is 3.15. The molecule has 0 aromatic carbocycles. The molecule has 0 unspecified atom stereocenters. The fourth-order valence-corrected chi connectivity index (χ4v) is 2.20. The number of nitrogens with zero attached hydrogens (tertiary/aromatic N) is 4. The highest BCUT2D eigenvalue weighted by atomic mass is 19.4. The number of carbonyl (C=O) groups excluding carboxylic acids is 1. The number of carbonyl (C=O) groups is 1. The van der Waals surface area contributed by atoms with Crippen LogP contribution < -0.4 is 5.32 Å². The molecule has 9 heteroatoms. The van der Waals surface area contributed by atoms with Crippen LogP contribution in [-0.4, -0.2) is 39.7 Å².